The summed E-state index contributed by atoms with van der Waals surface area (Å²) in [5.41, 5.74) is -2.70. The minimum atomic E-state index is -4.77. The molecule has 0 aliphatic rings. The van der Waals surface area contributed by atoms with Crippen LogP contribution in [0.2, 0.25) is 0 Å². The average Bonchev–Trinajstić information content (AvgIpc) is 2.78. The summed E-state index contributed by atoms with van der Waals surface area (Å²) in [4.78, 5) is 12.0. The zero-order valence-electron chi connectivity index (χ0n) is 11.5. The van der Waals surface area contributed by atoms with E-state index in [0.717, 1.165) is 6.07 Å². The Hall–Kier alpha value is -2.65. The first kappa shape index (κ1) is 16.7. The quantitative estimate of drug-likeness (QED) is 0.750. The molecule has 0 saturated carbocycles. The summed E-state index contributed by atoms with van der Waals surface area (Å²) in [6.45, 7) is 1.36. The van der Waals surface area contributed by atoms with E-state index in [2.05, 4.69) is 15.5 Å². The molecule has 2 aromatic rings. The lowest BCUT2D eigenvalue weighted by atomic mass is 10.1. The van der Waals surface area contributed by atoms with Crippen LogP contribution in [0.4, 0.5) is 27.6 Å². The highest BCUT2D eigenvalue weighted by Crippen LogP contribution is 2.33. The summed E-state index contributed by atoms with van der Waals surface area (Å²) in [5.74, 6) is -1.86. The number of alkyl halides is 5. The molecule has 10 heteroatoms. The average molecular weight is 335 g/mol. The Morgan fingerprint density at radius 1 is 1.30 bits per heavy atom. The lowest BCUT2D eigenvalue weighted by Gasteiger charge is -2.11. The second-order valence-electron chi connectivity index (χ2n) is 4.63. The van der Waals surface area contributed by atoms with Crippen molar-refractivity contribution in [2.45, 2.75) is 19.5 Å². The number of halogens is 5. The number of aryl methyl sites for hydroxylation is 1. The Morgan fingerprint density at radius 2 is 1.96 bits per heavy atom. The van der Waals surface area contributed by atoms with Crippen molar-refractivity contribution in [2.75, 3.05) is 5.32 Å². The van der Waals surface area contributed by atoms with Crippen molar-refractivity contribution in [2.24, 2.45) is 0 Å². The first-order valence-corrected chi connectivity index (χ1v) is 6.15. The topological polar surface area (TPSA) is 78.0 Å². The van der Waals surface area contributed by atoms with Crippen LogP contribution in [0.25, 0.3) is 0 Å². The summed E-state index contributed by atoms with van der Waals surface area (Å²) >= 11 is 0. The van der Waals surface area contributed by atoms with Crippen molar-refractivity contribution in [3.05, 3.63) is 40.7 Å². The standard InChI is InChI=1S/C13H10F5N3O2/c1-5-9(10(11(14)15)21-20-5)19-12(23)6-2-7(13(16,17)18)4-8(22)3-6/h2-4,11,22H,1H3,(H,19,23)(H,20,21). The minimum absolute atomic E-state index is 0.116. The van der Waals surface area contributed by atoms with Crippen molar-refractivity contribution in [1.29, 1.82) is 0 Å². The molecule has 1 amide bonds. The molecule has 0 unspecified atom stereocenters. The number of amides is 1. The number of aromatic amines is 1. The second kappa shape index (κ2) is 5.86. The number of phenols is 1. The Labute approximate surface area is 126 Å². The van der Waals surface area contributed by atoms with E-state index < -0.39 is 41.1 Å². The number of nitrogens with one attached hydrogen (secondary N) is 2. The van der Waals surface area contributed by atoms with Gasteiger partial charge in [-0.15, -0.1) is 0 Å². The van der Waals surface area contributed by atoms with Gasteiger partial charge in [0.15, 0.2) is 5.69 Å². The molecule has 0 bridgehead atoms. The molecule has 3 N–H and O–H groups in total. The molecule has 0 aliphatic heterocycles. The van der Waals surface area contributed by atoms with Crippen LogP contribution in [-0.4, -0.2) is 21.2 Å². The molecule has 5 nitrogen and oxygen atoms in total. The fourth-order valence-electron chi connectivity index (χ4n) is 1.86. The molecule has 23 heavy (non-hydrogen) atoms. The van der Waals surface area contributed by atoms with Gasteiger partial charge in [0.1, 0.15) is 5.75 Å². The predicted molar refractivity (Wildman–Crippen MR) is 69.3 cm³/mol. The van der Waals surface area contributed by atoms with Gasteiger partial charge in [0.05, 0.1) is 16.9 Å². The summed E-state index contributed by atoms with van der Waals surface area (Å²) in [6.07, 6.45) is -7.75. The number of benzene rings is 1. The Bertz CT molecular complexity index is 740. The van der Waals surface area contributed by atoms with Crippen LogP contribution in [-0.2, 0) is 6.18 Å². The summed E-state index contributed by atoms with van der Waals surface area (Å²) in [6, 6.07) is 1.75. The third-order valence-corrected chi connectivity index (χ3v) is 2.93. The van der Waals surface area contributed by atoms with Crippen molar-refractivity contribution in [3.63, 3.8) is 0 Å². The molecule has 0 saturated heterocycles. The zero-order valence-corrected chi connectivity index (χ0v) is 11.5. The fourth-order valence-corrected chi connectivity index (χ4v) is 1.86. The van der Waals surface area contributed by atoms with Crippen molar-refractivity contribution >= 4 is 11.6 Å². The van der Waals surface area contributed by atoms with Gasteiger partial charge in [-0.25, -0.2) is 8.78 Å². The number of H-pyrrole nitrogens is 1. The van der Waals surface area contributed by atoms with E-state index in [-0.39, 0.29) is 11.4 Å². The number of phenolic OH excluding ortho intramolecular Hbond substituents is 1. The summed E-state index contributed by atoms with van der Waals surface area (Å²) in [5, 5.41) is 16.9. The van der Waals surface area contributed by atoms with E-state index in [9.17, 15) is 31.9 Å². The molecule has 1 aromatic carbocycles. The molecule has 0 radical (unpaired) electrons. The van der Waals surface area contributed by atoms with Gasteiger partial charge in [-0.2, -0.15) is 18.3 Å². The van der Waals surface area contributed by atoms with Crippen molar-refractivity contribution in [1.82, 2.24) is 10.2 Å². The molecular formula is C13H10F5N3O2. The maximum Gasteiger partial charge on any atom is 0.416 e. The molecular weight excluding hydrogens is 325 g/mol. The SMILES string of the molecule is Cc1[nH]nc(C(F)F)c1NC(=O)c1cc(O)cc(C(F)(F)F)c1. The highest BCUT2D eigenvalue weighted by molar-refractivity contribution is 6.05. The third-order valence-electron chi connectivity index (χ3n) is 2.93. The largest absolute Gasteiger partial charge is 0.508 e. The van der Waals surface area contributed by atoms with Crippen molar-refractivity contribution < 1.29 is 31.9 Å². The number of nitrogens with zero attached hydrogens (tertiary/aromatic N) is 1. The Kier molecular flexibility index (Phi) is 4.26. The van der Waals surface area contributed by atoms with Gasteiger partial charge < -0.3 is 10.4 Å². The van der Waals surface area contributed by atoms with Gasteiger partial charge in [0.25, 0.3) is 12.3 Å². The van der Waals surface area contributed by atoms with Gasteiger partial charge >= 0.3 is 6.18 Å². The molecule has 0 aliphatic carbocycles. The van der Waals surface area contributed by atoms with E-state index >= 15 is 0 Å². The first-order chi connectivity index (χ1) is 10.6. The number of rotatable bonds is 3. The van der Waals surface area contributed by atoms with E-state index in [1.54, 1.807) is 0 Å². The number of hydrogen-bond donors (Lipinski definition) is 3. The van der Waals surface area contributed by atoms with Crippen LogP contribution in [0.3, 0.4) is 0 Å². The molecule has 124 valence electrons. The summed E-state index contributed by atoms with van der Waals surface area (Å²) < 4.78 is 63.5. The molecule has 0 atom stereocenters. The molecule has 2 rings (SSSR count). The van der Waals surface area contributed by atoms with Gasteiger partial charge in [-0.3, -0.25) is 9.89 Å². The van der Waals surface area contributed by atoms with Gasteiger partial charge in [0, 0.05) is 5.56 Å². The lowest BCUT2D eigenvalue weighted by molar-refractivity contribution is -0.137. The molecule has 0 fully saturated rings. The summed E-state index contributed by atoms with van der Waals surface area (Å²) in [7, 11) is 0. The van der Waals surface area contributed by atoms with Crippen LogP contribution >= 0.6 is 0 Å². The molecule has 1 heterocycles. The number of aromatic hydroxyl groups is 1. The number of carbonyl (C=O) groups is 1. The van der Waals surface area contributed by atoms with Gasteiger partial charge in [-0.1, -0.05) is 0 Å². The molecule has 1 aromatic heterocycles. The Morgan fingerprint density at radius 3 is 2.52 bits per heavy atom. The fraction of sp³-hybridized carbons (Fsp3) is 0.231. The number of hydrogen-bond acceptors (Lipinski definition) is 3. The van der Waals surface area contributed by atoms with E-state index in [1.807, 2.05) is 0 Å². The van der Waals surface area contributed by atoms with E-state index in [0.29, 0.717) is 12.1 Å². The zero-order chi connectivity index (χ0) is 17.4. The van der Waals surface area contributed by atoms with Crippen LogP contribution in [0.15, 0.2) is 18.2 Å². The van der Waals surface area contributed by atoms with E-state index in [4.69, 9.17) is 0 Å². The molecule has 0 spiro atoms. The first-order valence-electron chi connectivity index (χ1n) is 6.15. The number of anilines is 1. The maximum atomic E-state index is 12.8. The highest BCUT2D eigenvalue weighted by atomic mass is 19.4. The van der Waals surface area contributed by atoms with Gasteiger partial charge in [0.2, 0.25) is 0 Å². The van der Waals surface area contributed by atoms with E-state index in [1.165, 1.54) is 6.92 Å². The monoisotopic (exact) mass is 335 g/mol. The maximum absolute atomic E-state index is 12.8. The van der Waals surface area contributed by atoms with Crippen LogP contribution in [0.5, 0.6) is 5.75 Å². The number of aromatic nitrogens is 2. The van der Waals surface area contributed by atoms with Crippen LogP contribution < -0.4 is 5.32 Å². The Balaban J connectivity index is 2.36. The van der Waals surface area contributed by atoms with Crippen LogP contribution in [0, 0.1) is 6.92 Å². The minimum Gasteiger partial charge on any atom is -0.508 e. The van der Waals surface area contributed by atoms with Crippen molar-refractivity contribution in [3.8, 4) is 5.75 Å². The smallest absolute Gasteiger partial charge is 0.416 e. The number of carbonyl (C=O) groups excluding carboxylic acids is 1. The predicted octanol–water partition coefficient (Wildman–Crippen LogP) is 3.63. The normalized spacial score (nSPS) is 11.8. The highest BCUT2D eigenvalue weighted by Gasteiger charge is 2.32. The lowest BCUT2D eigenvalue weighted by Crippen LogP contribution is -2.15. The van der Waals surface area contributed by atoms with Gasteiger partial charge in [-0.05, 0) is 25.1 Å². The van der Waals surface area contributed by atoms with Crippen LogP contribution in [0.1, 0.15) is 33.7 Å². The third kappa shape index (κ3) is 3.58. The second-order valence-corrected chi connectivity index (χ2v) is 4.63.